The molecule has 0 saturated heterocycles. The average Bonchev–Trinajstić information content (AvgIpc) is 3.28. The van der Waals surface area contributed by atoms with Gasteiger partial charge < -0.3 is 19.8 Å². The summed E-state index contributed by atoms with van der Waals surface area (Å²) in [5, 5.41) is 4.67. The molecule has 0 bridgehead atoms. The molecule has 0 aliphatic carbocycles. The summed E-state index contributed by atoms with van der Waals surface area (Å²) in [5.41, 5.74) is 1.94. The fourth-order valence-corrected chi connectivity index (χ4v) is 4.34. The number of hydrogen-bond acceptors (Lipinski definition) is 6. The molecule has 9 heteroatoms. The Labute approximate surface area is 193 Å². The number of H-pyrrole nitrogens is 1. The van der Waals surface area contributed by atoms with Crippen LogP contribution >= 0.6 is 11.3 Å². The minimum absolute atomic E-state index is 0.113. The van der Waals surface area contributed by atoms with Gasteiger partial charge in [-0.25, -0.2) is 9.36 Å². The number of nitrogens with one attached hydrogen (secondary N) is 2. The van der Waals surface area contributed by atoms with Crippen LogP contribution in [0.15, 0.2) is 63.5 Å². The van der Waals surface area contributed by atoms with Gasteiger partial charge in [0.25, 0.3) is 5.56 Å². The monoisotopic (exact) mass is 465 g/mol. The fourth-order valence-electron chi connectivity index (χ4n) is 3.57. The van der Waals surface area contributed by atoms with Crippen molar-refractivity contribution in [3.63, 3.8) is 0 Å². The van der Waals surface area contributed by atoms with Crippen LogP contribution in [0.25, 0.3) is 15.9 Å². The Kier molecular flexibility index (Phi) is 6.60. The van der Waals surface area contributed by atoms with E-state index in [0.29, 0.717) is 40.4 Å². The molecule has 8 nitrogen and oxygen atoms in total. The Morgan fingerprint density at radius 1 is 1.00 bits per heavy atom. The van der Waals surface area contributed by atoms with Crippen LogP contribution in [0.4, 0.5) is 0 Å². The zero-order chi connectivity index (χ0) is 23.4. The number of carbonyl (C=O) groups excluding carboxylic acids is 1. The minimum atomic E-state index is -0.494. The SMILES string of the molecule is COc1ccc(CCNC(=O)Cc2ccc(-n3c(=O)[nH]c4ccsc4c3=O)cc2)cc1OC. The second kappa shape index (κ2) is 9.74. The van der Waals surface area contributed by atoms with Crippen molar-refractivity contribution in [2.75, 3.05) is 20.8 Å². The Hall–Kier alpha value is -3.85. The Bertz CT molecular complexity index is 1400. The largest absolute Gasteiger partial charge is 0.493 e. The maximum absolute atomic E-state index is 12.7. The number of nitrogens with zero attached hydrogens (tertiary/aromatic N) is 1. The van der Waals surface area contributed by atoms with Crippen LogP contribution < -0.4 is 26.0 Å². The highest BCUT2D eigenvalue weighted by atomic mass is 32.1. The number of carbonyl (C=O) groups is 1. The molecule has 2 aromatic carbocycles. The second-order valence-corrected chi connectivity index (χ2v) is 8.28. The number of hydrogen-bond donors (Lipinski definition) is 2. The van der Waals surface area contributed by atoms with Gasteiger partial charge in [0.2, 0.25) is 5.91 Å². The van der Waals surface area contributed by atoms with Crippen LogP contribution in [0, 0.1) is 0 Å². The molecular formula is C24H23N3O5S. The zero-order valence-electron chi connectivity index (χ0n) is 18.2. The van der Waals surface area contributed by atoms with Crippen molar-refractivity contribution in [3.05, 3.63) is 85.9 Å². The van der Waals surface area contributed by atoms with Gasteiger partial charge in [-0.05, 0) is 53.3 Å². The van der Waals surface area contributed by atoms with Crippen LogP contribution in [0.2, 0.25) is 0 Å². The lowest BCUT2D eigenvalue weighted by molar-refractivity contribution is -0.120. The molecule has 4 aromatic rings. The van der Waals surface area contributed by atoms with Crippen LogP contribution in [0.5, 0.6) is 11.5 Å². The molecule has 0 radical (unpaired) electrons. The number of aromatic nitrogens is 2. The normalized spacial score (nSPS) is 10.8. The van der Waals surface area contributed by atoms with Gasteiger partial charge in [0.05, 0.1) is 31.8 Å². The van der Waals surface area contributed by atoms with Crippen LogP contribution in [-0.2, 0) is 17.6 Å². The van der Waals surface area contributed by atoms with Crippen molar-refractivity contribution in [2.24, 2.45) is 0 Å². The van der Waals surface area contributed by atoms with Crippen molar-refractivity contribution in [1.82, 2.24) is 14.9 Å². The molecule has 170 valence electrons. The third-order valence-corrected chi connectivity index (χ3v) is 6.15. The van der Waals surface area contributed by atoms with E-state index >= 15 is 0 Å². The minimum Gasteiger partial charge on any atom is -0.493 e. The first-order valence-electron chi connectivity index (χ1n) is 10.3. The molecular weight excluding hydrogens is 442 g/mol. The molecule has 2 N–H and O–H groups in total. The molecule has 0 atom stereocenters. The Balaban J connectivity index is 1.37. The maximum Gasteiger partial charge on any atom is 0.333 e. The van der Waals surface area contributed by atoms with Gasteiger partial charge in [-0.2, -0.15) is 0 Å². The molecule has 1 amide bonds. The van der Waals surface area contributed by atoms with Crippen molar-refractivity contribution >= 4 is 27.5 Å². The summed E-state index contributed by atoms with van der Waals surface area (Å²) in [6.07, 6.45) is 0.851. The Morgan fingerprint density at radius 3 is 2.45 bits per heavy atom. The lowest BCUT2D eigenvalue weighted by Crippen LogP contribution is -2.33. The van der Waals surface area contributed by atoms with E-state index in [0.717, 1.165) is 15.7 Å². The molecule has 0 spiro atoms. The molecule has 0 aliphatic heterocycles. The average molecular weight is 466 g/mol. The molecule has 2 aromatic heterocycles. The standard InChI is InChI=1S/C24H23N3O5S/c1-31-19-8-5-16(13-20(19)32-2)9-11-25-21(28)14-15-3-6-17(7-4-15)27-23(29)22-18(10-12-33-22)26-24(27)30/h3-8,10,12-13H,9,11,14H2,1-2H3,(H,25,28)(H,26,30). The summed E-state index contributed by atoms with van der Waals surface area (Å²) >= 11 is 1.28. The zero-order valence-corrected chi connectivity index (χ0v) is 19.0. The summed E-state index contributed by atoms with van der Waals surface area (Å²) < 4.78 is 12.1. The van der Waals surface area contributed by atoms with E-state index in [9.17, 15) is 14.4 Å². The van der Waals surface area contributed by atoms with Crippen molar-refractivity contribution in [3.8, 4) is 17.2 Å². The number of thiophene rings is 1. The Morgan fingerprint density at radius 2 is 1.73 bits per heavy atom. The molecule has 4 rings (SSSR count). The van der Waals surface area contributed by atoms with E-state index < -0.39 is 5.69 Å². The highest BCUT2D eigenvalue weighted by Gasteiger charge is 2.11. The predicted molar refractivity (Wildman–Crippen MR) is 128 cm³/mol. The lowest BCUT2D eigenvalue weighted by atomic mass is 10.1. The van der Waals surface area contributed by atoms with E-state index in [1.165, 1.54) is 11.3 Å². The van der Waals surface area contributed by atoms with Gasteiger partial charge in [-0.3, -0.25) is 9.59 Å². The van der Waals surface area contributed by atoms with Gasteiger partial charge in [-0.15, -0.1) is 11.3 Å². The number of amides is 1. The first-order valence-corrected chi connectivity index (χ1v) is 11.2. The smallest absolute Gasteiger partial charge is 0.333 e. The van der Waals surface area contributed by atoms with E-state index in [-0.39, 0.29) is 17.9 Å². The van der Waals surface area contributed by atoms with Crippen molar-refractivity contribution in [1.29, 1.82) is 0 Å². The van der Waals surface area contributed by atoms with Crippen LogP contribution in [0.3, 0.4) is 0 Å². The summed E-state index contributed by atoms with van der Waals surface area (Å²) in [4.78, 5) is 40.1. The molecule has 2 heterocycles. The van der Waals surface area contributed by atoms with Crippen LogP contribution in [0.1, 0.15) is 11.1 Å². The molecule has 0 saturated carbocycles. The van der Waals surface area contributed by atoms with Gasteiger partial charge in [0.15, 0.2) is 11.5 Å². The number of fused-ring (bicyclic) bond motifs is 1. The number of methoxy groups -OCH3 is 2. The first-order chi connectivity index (χ1) is 16.0. The third kappa shape index (κ3) is 4.83. The van der Waals surface area contributed by atoms with E-state index in [4.69, 9.17) is 9.47 Å². The maximum atomic E-state index is 12.7. The van der Waals surface area contributed by atoms with Gasteiger partial charge in [-0.1, -0.05) is 18.2 Å². The summed E-state index contributed by atoms with van der Waals surface area (Å²) in [7, 11) is 3.17. The molecule has 0 unspecified atom stereocenters. The second-order valence-electron chi connectivity index (χ2n) is 7.37. The van der Waals surface area contributed by atoms with Gasteiger partial charge >= 0.3 is 5.69 Å². The lowest BCUT2D eigenvalue weighted by Gasteiger charge is -2.10. The molecule has 33 heavy (non-hydrogen) atoms. The summed E-state index contributed by atoms with van der Waals surface area (Å²) in [6, 6.07) is 14.2. The topological polar surface area (TPSA) is 102 Å². The van der Waals surface area contributed by atoms with Crippen molar-refractivity contribution in [2.45, 2.75) is 12.8 Å². The van der Waals surface area contributed by atoms with E-state index in [1.54, 1.807) is 49.9 Å². The molecule has 0 aliphatic rings. The highest BCUT2D eigenvalue weighted by Crippen LogP contribution is 2.27. The fraction of sp³-hybridized carbons (Fsp3) is 0.208. The predicted octanol–water partition coefficient (Wildman–Crippen LogP) is 2.66. The van der Waals surface area contributed by atoms with Gasteiger partial charge in [0.1, 0.15) is 4.70 Å². The van der Waals surface area contributed by atoms with E-state index in [1.807, 2.05) is 18.2 Å². The van der Waals surface area contributed by atoms with Crippen molar-refractivity contribution < 1.29 is 14.3 Å². The van der Waals surface area contributed by atoms with Crippen LogP contribution in [-0.4, -0.2) is 36.2 Å². The van der Waals surface area contributed by atoms with Gasteiger partial charge in [0, 0.05) is 6.54 Å². The number of ether oxygens (including phenoxy) is 2. The number of aromatic amines is 1. The number of rotatable bonds is 8. The molecule has 0 fully saturated rings. The quantitative estimate of drug-likeness (QED) is 0.417. The number of benzene rings is 2. The summed E-state index contributed by atoms with van der Waals surface area (Å²) in [6.45, 7) is 0.484. The van der Waals surface area contributed by atoms with E-state index in [2.05, 4.69) is 10.3 Å². The third-order valence-electron chi connectivity index (χ3n) is 5.25. The summed E-state index contributed by atoms with van der Waals surface area (Å²) in [5.74, 6) is 1.20. The first kappa shape index (κ1) is 22.3. The highest BCUT2D eigenvalue weighted by molar-refractivity contribution is 7.17.